The number of carbonyl (C=O) groups is 1. The highest BCUT2D eigenvalue weighted by atomic mass is 16.4. The fourth-order valence-electron chi connectivity index (χ4n) is 4.39. The first-order valence-corrected chi connectivity index (χ1v) is 7.33. The molecule has 2 aromatic heterocycles. The van der Waals surface area contributed by atoms with Gasteiger partial charge in [-0.25, -0.2) is 4.98 Å². The number of hydrogen-bond acceptors (Lipinski definition) is 2. The summed E-state index contributed by atoms with van der Waals surface area (Å²) in [5, 5.41) is 9.79. The van der Waals surface area contributed by atoms with Crippen molar-refractivity contribution in [3.8, 4) is 0 Å². The number of carboxylic acid groups (broad SMARTS) is 1. The summed E-state index contributed by atoms with van der Waals surface area (Å²) in [6.45, 7) is 0. The lowest BCUT2D eigenvalue weighted by molar-refractivity contribution is -0.152. The van der Waals surface area contributed by atoms with Crippen LogP contribution >= 0.6 is 0 Å². The summed E-state index contributed by atoms with van der Waals surface area (Å²) < 4.78 is 1.97. The van der Waals surface area contributed by atoms with Gasteiger partial charge >= 0.3 is 5.97 Å². The highest BCUT2D eigenvalue weighted by molar-refractivity contribution is 5.76. The monoisotopic (exact) mass is 270 g/mol. The highest BCUT2D eigenvalue weighted by Gasteiger charge is 2.55. The molecule has 2 aliphatic carbocycles. The van der Waals surface area contributed by atoms with Crippen molar-refractivity contribution in [3.63, 3.8) is 0 Å². The molecule has 0 spiro atoms. The third-order valence-corrected chi connectivity index (χ3v) is 5.31. The molecule has 3 atom stereocenters. The van der Waals surface area contributed by atoms with Gasteiger partial charge in [0.1, 0.15) is 5.65 Å². The molecule has 2 fully saturated rings. The van der Waals surface area contributed by atoms with Crippen molar-refractivity contribution >= 4 is 11.6 Å². The SMILES string of the molecule is O=C(O)C1(Cc2cn3ccccc3n2)CC2CCC1C2. The van der Waals surface area contributed by atoms with Gasteiger partial charge in [-0.1, -0.05) is 12.5 Å². The molecule has 1 N–H and O–H groups in total. The number of nitrogens with zero attached hydrogens (tertiary/aromatic N) is 2. The number of imidazole rings is 1. The molecule has 104 valence electrons. The van der Waals surface area contributed by atoms with Crippen molar-refractivity contribution in [1.82, 2.24) is 9.38 Å². The third-order valence-electron chi connectivity index (χ3n) is 5.31. The van der Waals surface area contributed by atoms with E-state index in [2.05, 4.69) is 4.98 Å². The number of carboxylic acids is 1. The number of hydrogen-bond donors (Lipinski definition) is 1. The summed E-state index contributed by atoms with van der Waals surface area (Å²) in [6, 6.07) is 5.87. The molecule has 0 radical (unpaired) electrons. The Morgan fingerprint density at radius 3 is 3.00 bits per heavy atom. The summed E-state index contributed by atoms with van der Waals surface area (Å²) in [7, 11) is 0. The van der Waals surface area contributed by atoms with Gasteiger partial charge in [0.25, 0.3) is 0 Å². The van der Waals surface area contributed by atoms with Crippen molar-refractivity contribution < 1.29 is 9.90 Å². The van der Waals surface area contributed by atoms with E-state index in [1.54, 1.807) is 0 Å². The number of aromatic nitrogens is 2. The maximum Gasteiger partial charge on any atom is 0.310 e. The molecule has 2 aliphatic rings. The van der Waals surface area contributed by atoms with Gasteiger partial charge in [0, 0.05) is 18.8 Å². The first-order valence-electron chi connectivity index (χ1n) is 7.33. The Labute approximate surface area is 117 Å². The summed E-state index contributed by atoms with van der Waals surface area (Å²) in [6.07, 6.45) is 8.73. The van der Waals surface area contributed by atoms with Crippen LogP contribution in [0.3, 0.4) is 0 Å². The predicted octanol–water partition coefficient (Wildman–Crippen LogP) is 2.77. The lowest BCUT2D eigenvalue weighted by atomic mass is 9.70. The first kappa shape index (κ1) is 11.9. The largest absolute Gasteiger partial charge is 0.481 e. The van der Waals surface area contributed by atoms with Gasteiger partial charge < -0.3 is 9.51 Å². The van der Waals surface area contributed by atoms with Gasteiger partial charge in [0.05, 0.1) is 11.1 Å². The quantitative estimate of drug-likeness (QED) is 0.933. The third kappa shape index (κ3) is 1.60. The fraction of sp³-hybridized carbons (Fsp3) is 0.500. The second-order valence-corrected chi connectivity index (χ2v) is 6.42. The Bertz CT molecular complexity index is 645. The normalized spacial score (nSPS) is 32.0. The van der Waals surface area contributed by atoms with Gasteiger partial charge in [-0.3, -0.25) is 4.79 Å². The van der Waals surface area contributed by atoms with E-state index in [1.807, 2.05) is 35.0 Å². The number of fused-ring (bicyclic) bond motifs is 3. The van der Waals surface area contributed by atoms with E-state index in [1.165, 1.54) is 6.42 Å². The molecule has 4 nitrogen and oxygen atoms in total. The number of rotatable bonds is 3. The summed E-state index contributed by atoms with van der Waals surface area (Å²) in [5.74, 6) is 0.338. The number of pyridine rings is 1. The minimum absolute atomic E-state index is 0.342. The van der Waals surface area contributed by atoms with E-state index in [-0.39, 0.29) is 0 Å². The van der Waals surface area contributed by atoms with Crippen LogP contribution in [0.1, 0.15) is 31.4 Å². The Morgan fingerprint density at radius 2 is 2.35 bits per heavy atom. The van der Waals surface area contributed by atoms with E-state index in [0.717, 1.165) is 30.6 Å². The lowest BCUT2D eigenvalue weighted by Crippen LogP contribution is -2.38. The molecule has 0 aliphatic heterocycles. The van der Waals surface area contributed by atoms with Gasteiger partial charge in [0.2, 0.25) is 0 Å². The Morgan fingerprint density at radius 1 is 1.45 bits per heavy atom. The maximum atomic E-state index is 11.9. The van der Waals surface area contributed by atoms with Crippen LogP contribution in [-0.2, 0) is 11.2 Å². The zero-order valence-corrected chi connectivity index (χ0v) is 11.3. The van der Waals surface area contributed by atoms with Crippen LogP contribution in [0.2, 0.25) is 0 Å². The van der Waals surface area contributed by atoms with E-state index >= 15 is 0 Å². The molecular weight excluding hydrogens is 252 g/mol. The number of aliphatic carboxylic acids is 1. The Balaban J connectivity index is 1.70. The maximum absolute atomic E-state index is 11.9. The van der Waals surface area contributed by atoms with Crippen LogP contribution in [0.25, 0.3) is 5.65 Å². The Hall–Kier alpha value is -1.84. The minimum Gasteiger partial charge on any atom is -0.481 e. The molecular formula is C16H18N2O2. The van der Waals surface area contributed by atoms with Gasteiger partial charge in [-0.15, -0.1) is 0 Å². The second kappa shape index (κ2) is 4.08. The zero-order valence-electron chi connectivity index (χ0n) is 11.3. The zero-order chi connectivity index (χ0) is 13.7. The topological polar surface area (TPSA) is 54.6 Å². The van der Waals surface area contributed by atoms with E-state index in [0.29, 0.717) is 18.3 Å². The smallest absolute Gasteiger partial charge is 0.310 e. The van der Waals surface area contributed by atoms with E-state index in [9.17, 15) is 9.90 Å². The van der Waals surface area contributed by atoms with Gasteiger partial charge in [0.15, 0.2) is 0 Å². The van der Waals surface area contributed by atoms with Crippen LogP contribution in [0.15, 0.2) is 30.6 Å². The molecule has 2 aromatic rings. The van der Waals surface area contributed by atoms with Crippen molar-refractivity contribution in [2.45, 2.75) is 32.1 Å². The van der Waals surface area contributed by atoms with Crippen molar-refractivity contribution in [2.24, 2.45) is 17.3 Å². The van der Waals surface area contributed by atoms with Crippen molar-refractivity contribution in [1.29, 1.82) is 0 Å². The average molecular weight is 270 g/mol. The molecule has 4 heteroatoms. The summed E-state index contributed by atoms with van der Waals surface area (Å²) >= 11 is 0. The minimum atomic E-state index is -0.623. The molecule has 0 amide bonds. The highest BCUT2D eigenvalue weighted by Crippen LogP contribution is 2.57. The van der Waals surface area contributed by atoms with Crippen molar-refractivity contribution in [3.05, 3.63) is 36.3 Å². The Kier molecular flexibility index (Phi) is 2.43. The van der Waals surface area contributed by atoms with Crippen LogP contribution in [0.5, 0.6) is 0 Å². The average Bonchev–Trinajstić information content (AvgIpc) is 3.10. The molecule has 2 bridgehead atoms. The second-order valence-electron chi connectivity index (χ2n) is 6.42. The molecule has 0 aromatic carbocycles. The van der Waals surface area contributed by atoms with Crippen molar-refractivity contribution in [2.75, 3.05) is 0 Å². The van der Waals surface area contributed by atoms with Gasteiger partial charge in [-0.2, -0.15) is 0 Å². The van der Waals surface area contributed by atoms with E-state index in [4.69, 9.17) is 0 Å². The molecule has 3 unspecified atom stereocenters. The molecule has 2 saturated carbocycles. The standard InChI is InChI=1S/C16H18N2O2/c19-15(20)16(8-11-4-5-12(16)7-11)9-13-10-18-6-2-1-3-14(18)17-13/h1-3,6,10-12H,4-5,7-9H2,(H,19,20). The molecule has 20 heavy (non-hydrogen) atoms. The van der Waals surface area contributed by atoms with Gasteiger partial charge in [-0.05, 0) is 43.2 Å². The molecule has 2 heterocycles. The van der Waals surface area contributed by atoms with Crippen LogP contribution in [-0.4, -0.2) is 20.5 Å². The van der Waals surface area contributed by atoms with Crippen LogP contribution < -0.4 is 0 Å². The van der Waals surface area contributed by atoms with Crippen LogP contribution in [0.4, 0.5) is 0 Å². The fourth-order valence-corrected chi connectivity index (χ4v) is 4.39. The summed E-state index contributed by atoms with van der Waals surface area (Å²) in [5.41, 5.74) is 1.23. The lowest BCUT2D eigenvalue weighted by Gasteiger charge is -2.32. The van der Waals surface area contributed by atoms with Crippen LogP contribution in [0, 0.1) is 17.3 Å². The molecule has 4 rings (SSSR count). The molecule has 0 saturated heterocycles. The predicted molar refractivity (Wildman–Crippen MR) is 74.4 cm³/mol. The summed E-state index contributed by atoms with van der Waals surface area (Å²) in [4.78, 5) is 16.5. The first-order chi connectivity index (χ1) is 9.67. The van der Waals surface area contributed by atoms with E-state index < -0.39 is 11.4 Å².